The smallest absolute Gasteiger partial charge is 0.267 e. The summed E-state index contributed by atoms with van der Waals surface area (Å²) in [6.07, 6.45) is 5.03. The van der Waals surface area contributed by atoms with Crippen LogP contribution in [0.25, 0.3) is 0 Å². The molecule has 17 heavy (non-hydrogen) atoms. The molecule has 0 bridgehead atoms. The molecule has 3 heteroatoms. The van der Waals surface area contributed by atoms with Crippen molar-refractivity contribution in [2.45, 2.75) is 71.3 Å². The molecule has 0 saturated heterocycles. The Labute approximate surface area is 109 Å². The van der Waals surface area contributed by atoms with Crippen molar-refractivity contribution in [1.82, 2.24) is 0 Å². The van der Waals surface area contributed by atoms with Gasteiger partial charge in [-0.3, -0.25) is 4.79 Å². The van der Waals surface area contributed by atoms with E-state index in [1.54, 1.807) is 6.08 Å². The molecular weight excluding hydrogens is 230 g/mol. The predicted molar refractivity (Wildman–Crippen MR) is 78.4 cm³/mol. The lowest BCUT2D eigenvalue weighted by molar-refractivity contribution is -0.113. The first-order valence-electron chi connectivity index (χ1n) is 6.53. The molecule has 0 aliphatic rings. The summed E-state index contributed by atoms with van der Waals surface area (Å²) in [6.45, 7) is 12.7. The average Bonchev–Trinajstić information content (AvgIpc) is 2.22. The zero-order valence-electron chi connectivity index (χ0n) is 12.1. The van der Waals surface area contributed by atoms with E-state index in [9.17, 15) is 4.79 Å². The Hall–Kier alpha value is -0.440. The largest absolute Gasteiger partial charge is 0.275 e. The van der Waals surface area contributed by atoms with Crippen molar-refractivity contribution in [2.75, 3.05) is 0 Å². The summed E-state index contributed by atoms with van der Waals surface area (Å²) >= 11 is 0. The number of amides is 1. The van der Waals surface area contributed by atoms with E-state index in [0.29, 0.717) is 10.5 Å². The summed E-state index contributed by atoms with van der Waals surface area (Å²) in [4.78, 5) is 11.8. The lowest BCUT2D eigenvalue weighted by atomic mass is 10.1. The van der Waals surface area contributed by atoms with Crippen LogP contribution in [-0.2, 0) is 15.5 Å². The lowest BCUT2D eigenvalue weighted by Gasteiger charge is -2.14. The van der Waals surface area contributed by atoms with Gasteiger partial charge in [0.15, 0.2) is 0 Å². The standard InChI is InChI=1S/C14H27NOS/c1-7-8-9-13(6)10-14(16)15-17(11(2)3)12(4)5/h10-12H,7-9H2,1-6H3/b13-10+. The van der Waals surface area contributed by atoms with E-state index < -0.39 is 0 Å². The molecule has 0 radical (unpaired) electrons. The summed E-state index contributed by atoms with van der Waals surface area (Å²) < 4.78 is 4.34. The Morgan fingerprint density at radius 3 is 2.18 bits per heavy atom. The fraction of sp³-hybridized carbons (Fsp3) is 0.786. The Morgan fingerprint density at radius 2 is 1.76 bits per heavy atom. The lowest BCUT2D eigenvalue weighted by Crippen LogP contribution is -2.17. The van der Waals surface area contributed by atoms with Crippen LogP contribution in [0, 0.1) is 0 Å². The maximum atomic E-state index is 11.8. The number of allylic oxidation sites excluding steroid dienone is 1. The van der Waals surface area contributed by atoms with Gasteiger partial charge in [-0.2, -0.15) is 4.36 Å². The van der Waals surface area contributed by atoms with Crippen molar-refractivity contribution in [2.24, 2.45) is 4.36 Å². The third-order valence-corrected chi connectivity index (χ3v) is 4.78. The van der Waals surface area contributed by atoms with Crippen LogP contribution in [0.3, 0.4) is 0 Å². The summed E-state index contributed by atoms with van der Waals surface area (Å²) in [5, 5.41) is 0.895. The first-order chi connectivity index (χ1) is 7.88. The first-order valence-corrected chi connectivity index (χ1v) is 7.84. The zero-order valence-corrected chi connectivity index (χ0v) is 12.9. The molecule has 0 aromatic carbocycles. The van der Waals surface area contributed by atoms with Gasteiger partial charge in [0.2, 0.25) is 0 Å². The highest BCUT2D eigenvalue weighted by molar-refractivity contribution is 7.88. The minimum Gasteiger partial charge on any atom is -0.267 e. The van der Waals surface area contributed by atoms with Crippen molar-refractivity contribution in [3.05, 3.63) is 11.6 Å². The fourth-order valence-electron chi connectivity index (χ4n) is 1.62. The van der Waals surface area contributed by atoms with Gasteiger partial charge in [-0.15, -0.1) is 0 Å². The van der Waals surface area contributed by atoms with Crippen molar-refractivity contribution >= 4 is 16.6 Å². The van der Waals surface area contributed by atoms with Gasteiger partial charge in [0, 0.05) is 16.6 Å². The molecule has 100 valence electrons. The Bertz CT molecular complexity index is 293. The minimum atomic E-state index is -0.149. The molecule has 1 amide bonds. The summed E-state index contributed by atoms with van der Waals surface area (Å²) in [5.74, 6) is -0.0515. The molecular formula is C14H27NOS. The van der Waals surface area contributed by atoms with Crippen LogP contribution in [0.15, 0.2) is 16.0 Å². The maximum absolute atomic E-state index is 11.8. The summed E-state index contributed by atoms with van der Waals surface area (Å²) in [7, 11) is -0.149. The highest BCUT2D eigenvalue weighted by Gasteiger charge is 2.09. The Morgan fingerprint density at radius 1 is 1.24 bits per heavy atom. The van der Waals surface area contributed by atoms with Gasteiger partial charge in [-0.1, -0.05) is 57.3 Å². The molecule has 0 unspecified atom stereocenters. The van der Waals surface area contributed by atoms with E-state index in [1.165, 1.54) is 6.42 Å². The molecule has 2 nitrogen and oxygen atoms in total. The van der Waals surface area contributed by atoms with Gasteiger partial charge in [-0.25, -0.2) is 0 Å². The molecule has 0 saturated carbocycles. The predicted octanol–water partition coefficient (Wildman–Crippen LogP) is 4.27. The minimum absolute atomic E-state index is 0.0515. The second kappa shape index (κ2) is 8.62. The van der Waals surface area contributed by atoms with Gasteiger partial charge in [0.25, 0.3) is 5.91 Å². The fourth-order valence-corrected chi connectivity index (χ4v) is 3.39. The molecule has 0 aromatic heterocycles. The van der Waals surface area contributed by atoms with Crippen LogP contribution in [-0.4, -0.2) is 16.4 Å². The van der Waals surface area contributed by atoms with E-state index in [2.05, 4.69) is 39.0 Å². The maximum Gasteiger partial charge on any atom is 0.275 e. The second-order valence-electron chi connectivity index (χ2n) is 4.97. The van der Waals surface area contributed by atoms with Crippen molar-refractivity contribution in [3.63, 3.8) is 0 Å². The molecule has 0 aromatic rings. The van der Waals surface area contributed by atoms with Crippen LogP contribution in [0.2, 0.25) is 0 Å². The summed E-state index contributed by atoms with van der Waals surface area (Å²) in [6, 6.07) is 0. The highest BCUT2D eigenvalue weighted by Crippen LogP contribution is 2.10. The molecule has 0 spiro atoms. The molecule has 0 rings (SSSR count). The normalized spacial score (nSPS) is 12.6. The van der Waals surface area contributed by atoms with Gasteiger partial charge < -0.3 is 0 Å². The first kappa shape index (κ1) is 16.6. The monoisotopic (exact) mass is 257 g/mol. The van der Waals surface area contributed by atoms with E-state index >= 15 is 0 Å². The van der Waals surface area contributed by atoms with Crippen LogP contribution in [0.4, 0.5) is 0 Å². The third kappa shape index (κ3) is 7.48. The molecule has 0 fully saturated rings. The number of hydrogen-bond acceptors (Lipinski definition) is 1. The van der Waals surface area contributed by atoms with E-state index in [-0.39, 0.29) is 16.6 Å². The number of nitrogens with zero attached hydrogens (tertiary/aromatic N) is 1. The van der Waals surface area contributed by atoms with Gasteiger partial charge in [0.1, 0.15) is 0 Å². The zero-order chi connectivity index (χ0) is 13.4. The topological polar surface area (TPSA) is 29.4 Å². The summed E-state index contributed by atoms with van der Waals surface area (Å²) in [5.41, 5.74) is 1.15. The van der Waals surface area contributed by atoms with Gasteiger partial charge >= 0.3 is 0 Å². The molecule has 0 aliphatic heterocycles. The Kier molecular flexibility index (Phi) is 8.40. The molecule has 0 aliphatic carbocycles. The quantitative estimate of drug-likeness (QED) is 0.653. The SMILES string of the molecule is CCCC/C(C)=C/C(=O)N=S(C(C)C)C(C)C. The average molecular weight is 257 g/mol. The third-order valence-electron chi connectivity index (χ3n) is 2.46. The van der Waals surface area contributed by atoms with Crippen LogP contribution in [0.5, 0.6) is 0 Å². The van der Waals surface area contributed by atoms with E-state index in [1.807, 2.05) is 6.92 Å². The molecule has 0 atom stereocenters. The number of carbonyl (C=O) groups is 1. The highest BCUT2D eigenvalue weighted by atomic mass is 32.2. The van der Waals surface area contributed by atoms with E-state index in [4.69, 9.17) is 0 Å². The van der Waals surface area contributed by atoms with Crippen LogP contribution in [0.1, 0.15) is 60.8 Å². The van der Waals surface area contributed by atoms with Crippen molar-refractivity contribution in [1.29, 1.82) is 0 Å². The van der Waals surface area contributed by atoms with Crippen LogP contribution >= 0.6 is 0 Å². The van der Waals surface area contributed by atoms with E-state index in [0.717, 1.165) is 18.4 Å². The van der Waals surface area contributed by atoms with Crippen LogP contribution < -0.4 is 0 Å². The molecule has 0 N–H and O–H groups in total. The number of carbonyl (C=O) groups excluding carboxylic acids is 1. The van der Waals surface area contributed by atoms with Gasteiger partial charge in [-0.05, 0) is 19.8 Å². The number of hydrogen-bond donors (Lipinski definition) is 0. The van der Waals surface area contributed by atoms with Crippen molar-refractivity contribution < 1.29 is 4.79 Å². The second-order valence-corrected chi connectivity index (χ2v) is 7.73. The Balaban J connectivity index is 4.65. The van der Waals surface area contributed by atoms with Crippen molar-refractivity contribution in [3.8, 4) is 0 Å². The number of unbranched alkanes of at least 4 members (excludes halogenated alkanes) is 1. The molecule has 0 heterocycles. The van der Waals surface area contributed by atoms with Gasteiger partial charge in [0.05, 0.1) is 0 Å². The number of rotatable bonds is 6.